The molecule has 0 spiro atoms. The van der Waals surface area contributed by atoms with Gasteiger partial charge in [-0.3, -0.25) is 14.4 Å². The second-order valence-corrected chi connectivity index (χ2v) is 6.46. The zero-order valence-electron chi connectivity index (χ0n) is 11.8. The number of hydrogen-bond acceptors (Lipinski definition) is 4. The highest BCUT2D eigenvalue weighted by molar-refractivity contribution is 6.23. The third kappa shape index (κ3) is 2.84. The van der Waals surface area contributed by atoms with Crippen molar-refractivity contribution in [2.24, 2.45) is 11.3 Å². The number of ketones is 2. The van der Waals surface area contributed by atoms with E-state index in [-0.39, 0.29) is 29.8 Å². The van der Waals surface area contributed by atoms with Crippen LogP contribution in [-0.4, -0.2) is 66.0 Å². The maximum absolute atomic E-state index is 12.1. The van der Waals surface area contributed by atoms with Crippen molar-refractivity contribution >= 4 is 17.5 Å². The highest BCUT2D eigenvalue weighted by atomic mass is 16.4. The Morgan fingerprint density at radius 2 is 1.74 bits per heavy atom. The van der Waals surface area contributed by atoms with E-state index in [0.717, 1.165) is 0 Å². The molecular weight excluding hydrogens is 250 g/mol. The Morgan fingerprint density at radius 1 is 1.32 bits per heavy atom. The van der Waals surface area contributed by atoms with Crippen molar-refractivity contribution in [3.05, 3.63) is 0 Å². The van der Waals surface area contributed by atoms with Crippen LogP contribution in [0.25, 0.3) is 0 Å². The number of carboxylic acids is 1. The average molecular weight is 272 g/mol. The Labute approximate surface area is 112 Å². The number of likely N-dealkylation sites (N-methyl/N-ethyl adjacent to an activating group) is 1. The summed E-state index contributed by atoms with van der Waals surface area (Å²) in [7, 11) is 5.29. The summed E-state index contributed by atoms with van der Waals surface area (Å²) in [6.07, 6.45) is -1.46. The molecule has 0 aliphatic heterocycles. The minimum atomic E-state index is -2.28. The molecule has 0 aromatic rings. The van der Waals surface area contributed by atoms with Gasteiger partial charge in [-0.15, -0.1) is 0 Å². The smallest absolute Gasteiger partial charge is 0.327 e. The van der Waals surface area contributed by atoms with Crippen molar-refractivity contribution in [1.29, 1.82) is 0 Å². The van der Waals surface area contributed by atoms with Crippen LogP contribution in [0.4, 0.5) is 0 Å². The van der Waals surface area contributed by atoms with Crippen molar-refractivity contribution < 1.29 is 29.1 Å². The van der Waals surface area contributed by atoms with Gasteiger partial charge in [0.2, 0.25) is 5.41 Å². The molecule has 1 unspecified atom stereocenters. The molecule has 0 amide bonds. The van der Waals surface area contributed by atoms with Crippen LogP contribution in [0, 0.1) is 11.3 Å². The number of carbonyl (C=O) groups excluding carboxylic acids is 2. The van der Waals surface area contributed by atoms with E-state index in [1.54, 1.807) is 28.1 Å². The quantitative estimate of drug-likeness (QED) is 0.541. The monoisotopic (exact) mass is 272 g/mol. The summed E-state index contributed by atoms with van der Waals surface area (Å²) in [5.41, 5.74) is -2.28. The first kappa shape index (κ1) is 15.8. The van der Waals surface area contributed by atoms with E-state index in [1.807, 2.05) is 0 Å². The van der Waals surface area contributed by atoms with Crippen LogP contribution in [0.1, 0.15) is 19.8 Å². The second kappa shape index (κ2) is 5.02. The second-order valence-electron chi connectivity index (χ2n) is 6.46. The van der Waals surface area contributed by atoms with E-state index in [0.29, 0.717) is 0 Å². The molecule has 1 atom stereocenters. The first-order valence-corrected chi connectivity index (χ1v) is 6.30. The molecule has 2 N–H and O–H groups in total. The van der Waals surface area contributed by atoms with E-state index in [2.05, 4.69) is 0 Å². The van der Waals surface area contributed by atoms with Gasteiger partial charge in [0.05, 0.1) is 21.1 Å². The van der Waals surface area contributed by atoms with Gasteiger partial charge in [0.25, 0.3) is 0 Å². The number of carbonyl (C=O) groups is 3. The largest absolute Gasteiger partial charge is 0.480 e. The lowest BCUT2D eigenvalue weighted by atomic mass is 9.65. The van der Waals surface area contributed by atoms with Gasteiger partial charge in [0.1, 0.15) is 12.6 Å². The van der Waals surface area contributed by atoms with Gasteiger partial charge in [-0.25, -0.2) is 0 Å². The van der Waals surface area contributed by atoms with Crippen molar-refractivity contribution in [2.45, 2.75) is 25.9 Å². The van der Waals surface area contributed by atoms with Crippen LogP contribution < -0.4 is 0 Å². The molecule has 1 aliphatic carbocycles. The number of Topliss-reactive ketones (excluding diaryl/α,β-unsaturated/α-hetero) is 2. The van der Waals surface area contributed by atoms with Gasteiger partial charge in [-0.1, -0.05) is 6.92 Å². The zero-order valence-corrected chi connectivity index (χ0v) is 11.8. The van der Waals surface area contributed by atoms with E-state index >= 15 is 0 Å². The maximum atomic E-state index is 12.1. The summed E-state index contributed by atoms with van der Waals surface area (Å²) >= 11 is 0. The number of nitrogens with zero attached hydrogens (tertiary/aromatic N) is 1. The Hall–Kier alpha value is -1.27. The minimum Gasteiger partial charge on any atom is -0.480 e. The maximum Gasteiger partial charge on any atom is 0.327 e. The summed E-state index contributed by atoms with van der Waals surface area (Å²) in [4.78, 5) is 35.8. The van der Waals surface area contributed by atoms with Gasteiger partial charge in [0, 0.05) is 12.8 Å². The van der Waals surface area contributed by atoms with Crippen molar-refractivity contribution in [3.8, 4) is 0 Å². The Morgan fingerprint density at radius 3 is 2.05 bits per heavy atom. The first-order chi connectivity index (χ1) is 8.51. The molecule has 0 saturated heterocycles. The van der Waals surface area contributed by atoms with Crippen molar-refractivity contribution in [2.75, 3.05) is 27.7 Å². The fourth-order valence-electron chi connectivity index (χ4n) is 2.59. The molecule has 1 aliphatic rings. The summed E-state index contributed by atoms with van der Waals surface area (Å²) in [5.74, 6) is -3.05. The molecule has 0 radical (unpaired) electrons. The normalized spacial score (nSPS) is 30.3. The van der Waals surface area contributed by atoms with Crippen LogP contribution in [0.5, 0.6) is 0 Å². The molecule has 0 aromatic heterocycles. The number of rotatable bonds is 4. The van der Waals surface area contributed by atoms with Gasteiger partial charge < -0.3 is 14.7 Å². The molecule has 6 heteroatoms. The predicted molar refractivity (Wildman–Crippen MR) is 67.4 cm³/mol. The number of hydrogen-bond donors (Lipinski definition) is 2. The SMILES string of the molecule is CC1CC(=O)C(C(=O)O)(C(O)C[N+](C)(C)C)C(=O)C1. The molecule has 0 heterocycles. The molecule has 108 valence electrons. The molecule has 6 nitrogen and oxygen atoms in total. The fraction of sp³-hybridized carbons (Fsp3) is 0.769. The van der Waals surface area contributed by atoms with Crippen LogP contribution in [0.3, 0.4) is 0 Å². The van der Waals surface area contributed by atoms with Crippen LogP contribution >= 0.6 is 0 Å². The standard InChI is InChI=1S/C13H21NO5/c1-8-5-9(15)13(12(18)19,10(16)6-8)11(17)7-14(2,3)4/h8,11,17H,5-7H2,1-4H3/p+1. The van der Waals surface area contributed by atoms with E-state index in [4.69, 9.17) is 0 Å². The van der Waals surface area contributed by atoms with Crippen molar-refractivity contribution in [3.63, 3.8) is 0 Å². The Kier molecular flexibility index (Phi) is 4.17. The zero-order chi connectivity index (χ0) is 15.0. The third-order valence-corrected chi connectivity index (χ3v) is 3.51. The van der Waals surface area contributed by atoms with Gasteiger partial charge in [-0.2, -0.15) is 0 Å². The highest BCUT2D eigenvalue weighted by Crippen LogP contribution is 2.37. The third-order valence-electron chi connectivity index (χ3n) is 3.51. The average Bonchev–Trinajstić information content (AvgIpc) is 2.11. The molecule has 0 bridgehead atoms. The van der Waals surface area contributed by atoms with Crippen LogP contribution in [0.15, 0.2) is 0 Å². The van der Waals surface area contributed by atoms with Gasteiger partial charge in [0.15, 0.2) is 11.6 Å². The number of quaternary nitrogens is 1. The number of aliphatic hydroxyl groups excluding tert-OH is 1. The first-order valence-electron chi connectivity index (χ1n) is 6.30. The summed E-state index contributed by atoms with van der Waals surface area (Å²) in [5, 5.41) is 19.6. The molecule has 1 saturated carbocycles. The number of aliphatic hydroxyl groups is 1. The molecule has 19 heavy (non-hydrogen) atoms. The topological polar surface area (TPSA) is 91.7 Å². The van der Waals surface area contributed by atoms with Gasteiger partial charge in [-0.05, 0) is 5.92 Å². The van der Waals surface area contributed by atoms with Crippen LogP contribution in [0.2, 0.25) is 0 Å². The molecular formula is C13H22NO5+. The highest BCUT2D eigenvalue weighted by Gasteiger charge is 2.61. The van der Waals surface area contributed by atoms with Crippen LogP contribution in [-0.2, 0) is 14.4 Å². The van der Waals surface area contributed by atoms with Gasteiger partial charge >= 0.3 is 5.97 Å². The van der Waals surface area contributed by atoms with E-state index in [1.165, 1.54) is 0 Å². The Bertz CT molecular complexity index is 392. The summed E-state index contributed by atoms with van der Waals surface area (Å²) in [6, 6.07) is 0. The predicted octanol–water partition coefficient (Wildman–Crippen LogP) is -0.307. The lowest BCUT2D eigenvalue weighted by Crippen LogP contribution is -2.61. The Balaban J connectivity index is 3.20. The fourth-order valence-corrected chi connectivity index (χ4v) is 2.59. The molecule has 0 aromatic carbocycles. The van der Waals surface area contributed by atoms with Crippen molar-refractivity contribution in [1.82, 2.24) is 0 Å². The van der Waals surface area contributed by atoms with E-state index < -0.39 is 29.1 Å². The number of carboxylic acid groups (broad SMARTS) is 1. The summed E-state index contributed by atoms with van der Waals surface area (Å²) in [6.45, 7) is 1.76. The molecule has 1 fully saturated rings. The minimum absolute atomic E-state index is 0.0201. The lowest BCUT2D eigenvalue weighted by molar-refractivity contribution is -0.874. The lowest BCUT2D eigenvalue weighted by Gasteiger charge is -2.38. The summed E-state index contributed by atoms with van der Waals surface area (Å²) < 4.78 is 0.270. The molecule has 1 rings (SSSR count). The van der Waals surface area contributed by atoms with E-state index in [9.17, 15) is 24.6 Å². The number of aliphatic carboxylic acids is 1.